The molecule has 2 heterocycles. The molecule has 17 heavy (non-hydrogen) atoms. The molecule has 0 radical (unpaired) electrons. The van der Waals surface area contributed by atoms with Crippen molar-refractivity contribution in [1.82, 2.24) is 0 Å². The van der Waals surface area contributed by atoms with Crippen LogP contribution in [0.3, 0.4) is 0 Å². The lowest BCUT2D eigenvalue weighted by Gasteiger charge is -2.16. The second kappa shape index (κ2) is 7.93. The summed E-state index contributed by atoms with van der Waals surface area (Å²) >= 11 is 4.02. The van der Waals surface area contributed by atoms with Crippen LogP contribution in [0.25, 0.3) is 0 Å². The zero-order chi connectivity index (χ0) is 11.9. The highest BCUT2D eigenvalue weighted by molar-refractivity contribution is 8.07. The van der Waals surface area contributed by atoms with E-state index in [9.17, 15) is 0 Å². The van der Waals surface area contributed by atoms with Crippen molar-refractivity contribution in [2.75, 3.05) is 37.9 Å². The summed E-state index contributed by atoms with van der Waals surface area (Å²) in [6, 6.07) is 0. The summed E-state index contributed by atoms with van der Waals surface area (Å²) in [6.07, 6.45) is 3.83. The van der Waals surface area contributed by atoms with Gasteiger partial charge < -0.3 is 9.47 Å². The molecule has 0 amide bonds. The van der Waals surface area contributed by atoms with Crippen LogP contribution in [0.2, 0.25) is 0 Å². The van der Waals surface area contributed by atoms with Crippen molar-refractivity contribution in [1.29, 1.82) is 0 Å². The fourth-order valence-electron chi connectivity index (χ4n) is 1.77. The molecule has 0 aromatic rings. The molecule has 0 saturated carbocycles. The maximum absolute atomic E-state index is 5.78. The van der Waals surface area contributed by atoms with Gasteiger partial charge in [0.2, 0.25) is 0 Å². The highest BCUT2D eigenvalue weighted by atomic mass is 32.2. The molecule has 2 fully saturated rings. The van der Waals surface area contributed by atoms with Crippen LogP contribution < -0.4 is 0 Å². The Morgan fingerprint density at radius 1 is 1.06 bits per heavy atom. The van der Waals surface area contributed by atoms with E-state index in [0.29, 0.717) is 5.92 Å². The Hall–Kier alpha value is 0.620. The van der Waals surface area contributed by atoms with Gasteiger partial charge in [-0.2, -0.15) is 23.5 Å². The second-order valence-electron chi connectivity index (χ2n) is 4.99. The van der Waals surface area contributed by atoms with Gasteiger partial charge in [0.25, 0.3) is 0 Å². The highest BCUT2D eigenvalue weighted by Gasteiger charge is 2.24. The van der Waals surface area contributed by atoms with E-state index in [2.05, 4.69) is 6.92 Å². The molecule has 0 aromatic heterocycles. The zero-order valence-corrected chi connectivity index (χ0v) is 12.4. The Bertz CT molecular complexity index is 188. The van der Waals surface area contributed by atoms with E-state index in [1.54, 1.807) is 0 Å². The normalized spacial score (nSPS) is 28.1. The van der Waals surface area contributed by atoms with Crippen molar-refractivity contribution in [3.8, 4) is 0 Å². The number of thioether (sulfide) groups is 2. The summed E-state index contributed by atoms with van der Waals surface area (Å²) in [4.78, 5) is 0. The zero-order valence-electron chi connectivity index (χ0n) is 10.7. The molecule has 2 aliphatic rings. The maximum Gasteiger partial charge on any atom is 0.0593 e. The quantitative estimate of drug-likeness (QED) is 0.540. The number of hydrogen-bond donors (Lipinski definition) is 0. The third kappa shape index (κ3) is 6.94. The molecule has 0 aromatic carbocycles. The van der Waals surface area contributed by atoms with Crippen molar-refractivity contribution >= 4 is 23.5 Å². The molecule has 100 valence electrons. The van der Waals surface area contributed by atoms with Crippen LogP contribution in [0.5, 0.6) is 0 Å². The number of hydrogen-bond acceptors (Lipinski definition) is 4. The molecule has 2 atom stereocenters. The summed E-state index contributed by atoms with van der Waals surface area (Å²) in [5.41, 5.74) is 0. The predicted molar refractivity (Wildman–Crippen MR) is 77.1 cm³/mol. The van der Waals surface area contributed by atoms with E-state index < -0.39 is 0 Å². The average Bonchev–Trinajstić information content (AvgIpc) is 3.18. The Kier molecular flexibility index (Phi) is 6.54. The van der Waals surface area contributed by atoms with Gasteiger partial charge in [0.1, 0.15) is 0 Å². The van der Waals surface area contributed by atoms with Gasteiger partial charge in [-0.1, -0.05) is 19.8 Å². The first-order chi connectivity index (χ1) is 8.38. The van der Waals surface area contributed by atoms with Gasteiger partial charge in [-0.15, -0.1) is 0 Å². The van der Waals surface area contributed by atoms with Crippen LogP contribution in [0.15, 0.2) is 0 Å². The summed E-state index contributed by atoms with van der Waals surface area (Å²) in [7, 11) is 0. The molecule has 0 N–H and O–H groups in total. The fourth-order valence-corrected chi connectivity index (χ4v) is 2.62. The largest absolute Gasteiger partial charge is 0.380 e. The molecule has 0 spiro atoms. The SMILES string of the molecule is CCCCC(COCC1CS1)COCC1CS1. The Morgan fingerprint density at radius 3 is 2.00 bits per heavy atom. The fraction of sp³-hybridized carbons (Fsp3) is 1.00. The molecule has 2 unspecified atom stereocenters. The third-order valence-corrected chi connectivity index (χ3v) is 4.97. The minimum absolute atomic E-state index is 0.613. The summed E-state index contributed by atoms with van der Waals surface area (Å²) in [6.45, 7) is 5.95. The average molecular weight is 276 g/mol. The van der Waals surface area contributed by atoms with Crippen LogP contribution in [0, 0.1) is 5.92 Å². The minimum Gasteiger partial charge on any atom is -0.380 e. The van der Waals surface area contributed by atoms with Gasteiger partial charge >= 0.3 is 0 Å². The lowest BCUT2D eigenvalue weighted by atomic mass is 10.0. The highest BCUT2D eigenvalue weighted by Crippen LogP contribution is 2.31. The maximum atomic E-state index is 5.78. The molecular formula is C13H24O2S2. The van der Waals surface area contributed by atoms with Crippen LogP contribution in [0.1, 0.15) is 26.2 Å². The molecule has 0 bridgehead atoms. The van der Waals surface area contributed by atoms with Gasteiger partial charge in [-0.3, -0.25) is 0 Å². The van der Waals surface area contributed by atoms with Crippen LogP contribution in [0.4, 0.5) is 0 Å². The smallest absolute Gasteiger partial charge is 0.0593 e. The standard InChI is InChI=1S/C13H24O2S2/c1-2-3-4-11(5-14-7-12-9-16-12)6-15-8-13-10-17-13/h11-13H,2-10H2,1H3. The van der Waals surface area contributed by atoms with Crippen molar-refractivity contribution in [2.24, 2.45) is 5.92 Å². The van der Waals surface area contributed by atoms with Gasteiger partial charge in [0, 0.05) is 27.9 Å². The van der Waals surface area contributed by atoms with Gasteiger partial charge in [0.05, 0.1) is 26.4 Å². The second-order valence-corrected chi connectivity index (χ2v) is 7.66. The Balaban J connectivity index is 1.52. The van der Waals surface area contributed by atoms with Crippen LogP contribution >= 0.6 is 23.5 Å². The third-order valence-electron chi connectivity index (χ3n) is 3.09. The molecule has 2 rings (SSSR count). The first kappa shape index (κ1) is 14.0. The Labute approximate surface area is 114 Å². The molecule has 4 heteroatoms. The van der Waals surface area contributed by atoms with Crippen LogP contribution in [-0.2, 0) is 9.47 Å². The van der Waals surface area contributed by atoms with E-state index in [0.717, 1.165) is 36.9 Å². The number of unbranched alkanes of at least 4 members (excludes halogenated alkanes) is 1. The van der Waals surface area contributed by atoms with E-state index in [1.165, 1.54) is 30.8 Å². The van der Waals surface area contributed by atoms with Gasteiger partial charge in [-0.05, 0) is 6.42 Å². The summed E-state index contributed by atoms with van der Waals surface area (Å²) in [5, 5.41) is 1.59. The van der Waals surface area contributed by atoms with Crippen molar-refractivity contribution in [3.05, 3.63) is 0 Å². The minimum atomic E-state index is 0.613. The lowest BCUT2D eigenvalue weighted by molar-refractivity contribution is 0.0403. The number of rotatable bonds is 11. The van der Waals surface area contributed by atoms with Crippen molar-refractivity contribution < 1.29 is 9.47 Å². The summed E-state index contributed by atoms with van der Waals surface area (Å²) < 4.78 is 11.6. The van der Waals surface area contributed by atoms with E-state index in [-0.39, 0.29) is 0 Å². The number of ether oxygens (including phenoxy) is 2. The monoisotopic (exact) mass is 276 g/mol. The predicted octanol–water partition coefficient (Wildman–Crippen LogP) is 3.06. The Morgan fingerprint density at radius 2 is 1.59 bits per heavy atom. The molecule has 2 aliphatic heterocycles. The first-order valence-corrected chi connectivity index (χ1v) is 8.87. The lowest BCUT2D eigenvalue weighted by Crippen LogP contribution is -2.19. The van der Waals surface area contributed by atoms with Crippen LogP contribution in [-0.4, -0.2) is 48.4 Å². The molecule has 0 aliphatic carbocycles. The molecule has 2 nitrogen and oxygen atoms in total. The van der Waals surface area contributed by atoms with E-state index in [1.807, 2.05) is 23.5 Å². The van der Waals surface area contributed by atoms with Gasteiger partial charge in [0.15, 0.2) is 0 Å². The first-order valence-electron chi connectivity index (χ1n) is 6.77. The van der Waals surface area contributed by atoms with Crippen molar-refractivity contribution in [3.63, 3.8) is 0 Å². The molecule has 2 saturated heterocycles. The molecular weight excluding hydrogens is 252 g/mol. The van der Waals surface area contributed by atoms with Gasteiger partial charge in [-0.25, -0.2) is 0 Å². The topological polar surface area (TPSA) is 18.5 Å². The van der Waals surface area contributed by atoms with E-state index >= 15 is 0 Å². The van der Waals surface area contributed by atoms with Crippen molar-refractivity contribution in [2.45, 2.75) is 36.7 Å². The van der Waals surface area contributed by atoms with E-state index in [4.69, 9.17) is 9.47 Å². The summed E-state index contributed by atoms with van der Waals surface area (Å²) in [5.74, 6) is 3.21.